The molecule has 0 aliphatic carbocycles. The summed E-state index contributed by atoms with van der Waals surface area (Å²) in [6, 6.07) is 6.07. The maximum absolute atomic E-state index is 12.4. The average Bonchev–Trinajstić information content (AvgIpc) is 3.16. The highest BCUT2D eigenvalue weighted by Gasteiger charge is 2.37. The lowest BCUT2D eigenvalue weighted by Gasteiger charge is -2.26. The number of rotatable bonds is 11. The first-order valence-corrected chi connectivity index (χ1v) is 10.1. The molecule has 1 aromatic rings. The smallest absolute Gasteiger partial charge is 0.231 e. The lowest BCUT2D eigenvalue weighted by molar-refractivity contribution is -0.140. The highest BCUT2D eigenvalue weighted by Crippen LogP contribution is 2.33. The summed E-state index contributed by atoms with van der Waals surface area (Å²) in [7, 11) is 0. The van der Waals surface area contributed by atoms with Crippen molar-refractivity contribution in [3.8, 4) is 11.5 Å². The van der Waals surface area contributed by atoms with Gasteiger partial charge in [0.2, 0.25) is 6.79 Å². The summed E-state index contributed by atoms with van der Waals surface area (Å²) < 4.78 is 10.8. The minimum atomic E-state index is -0.838. The van der Waals surface area contributed by atoms with E-state index in [1.54, 1.807) is 0 Å². The molecule has 4 nitrogen and oxygen atoms in total. The highest BCUT2D eigenvalue weighted by molar-refractivity contribution is 6.06. The number of benzene rings is 1. The largest absolute Gasteiger partial charge is 0.454 e. The number of carbonyl (C=O) groups is 2. The number of carbonyl (C=O) groups excluding carboxylic acids is 2. The van der Waals surface area contributed by atoms with Gasteiger partial charge >= 0.3 is 0 Å². The molecule has 0 fully saturated rings. The molecule has 0 radical (unpaired) electrons. The van der Waals surface area contributed by atoms with Crippen LogP contribution in [0.2, 0.25) is 0 Å². The number of ether oxygens (including phenoxy) is 2. The van der Waals surface area contributed by atoms with Crippen LogP contribution in [0, 0.1) is 5.41 Å². The maximum Gasteiger partial charge on any atom is 0.231 e. The van der Waals surface area contributed by atoms with E-state index in [9.17, 15) is 9.59 Å². The molecule has 0 spiro atoms. The summed E-state index contributed by atoms with van der Waals surface area (Å²) >= 11 is 0. The topological polar surface area (TPSA) is 52.6 Å². The average molecular weight is 373 g/mol. The van der Waals surface area contributed by atoms with Crippen LogP contribution in [0.15, 0.2) is 29.8 Å². The Morgan fingerprint density at radius 1 is 1.04 bits per heavy atom. The van der Waals surface area contributed by atoms with Gasteiger partial charge in [-0.05, 0) is 56.7 Å². The highest BCUT2D eigenvalue weighted by atomic mass is 16.7. The summed E-state index contributed by atoms with van der Waals surface area (Å²) in [5.41, 5.74) is 1.70. The first kappa shape index (κ1) is 21.2. The van der Waals surface area contributed by atoms with Crippen LogP contribution >= 0.6 is 0 Å². The Morgan fingerprint density at radius 3 is 2.33 bits per heavy atom. The van der Waals surface area contributed by atoms with E-state index in [-0.39, 0.29) is 11.6 Å². The second kappa shape index (κ2) is 9.72. The van der Waals surface area contributed by atoms with Gasteiger partial charge in [0.1, 0.15) is 11.6 Å². The minimum Gasteiger partial charge on any atom is -0.454 e. The monoisotopic (exact) mass is 372 g/mol. The van der Waals surface area contributed by atoms with E-state index in [1.165, 1.54) is 11.1 Å². The fraction of sp³-hybridized carbons (Fsp3) is 0.565. The van der Waals surface area contributed by atoms with Crippen molar-refractivity contribution in [2.45, 2.75) is 72.6 Å². The lowest BCUT2D eigenvalue weighted by atomic mass is 9.74. The molecule has 4 heteroatoms. The number of fused-ring (bicyclic) bond motifs is 1. The van der Waals surface area contributed by atoms with Gasteiger partial charge < -0.3 is 9.47 Å². The third-order valence-corrected chi connectivity index (χ3v) is 5.58. The Hall–Kier alpha value is -2.10. The number of allylic oxidation sites excluding steroid dienone is 2. The van der Waals surface area contributed by atoms with E-state index in [0.29, 0.717) is 26.1 Å². The van der Waals surface area contributed by atoms with Gasteiger partial charge in [0, 0.05) is 12.8 Å². The number of hydrogen-bond acceptors (Lipinski definition) is 4. The zero-order chi connectivity index (χ0) is 19.9. The van der Waals surface area contributed by atoms with E-state index in [2.05, 4.69) is 19.1 Å². The SMILES string of the molecule is CCC(=O)C(C)(CC/C(=C/CCc1ccc2c(c1)OCO2)CC)C(=O)CC. The van der Waals surface area contributed by atoms with Crippen molar-refractivity contribution in [1.29, 1.82) is 0 Å². The summed E-state index contributed by atoms with van der Waals surface area (Å²) in [5.74, 6) is 1.75. The molecule has 1 aromatic carbocycles. The third kappa shape index (κ3) is 5.21. The van der Waals surface area contributed by atoms with Gasteiger partial charge in [0.25, 0.3) is 0 Å². The Balaban J connectivity index is 1.95. The predicted octanol–water partition coefficient (Wildman–Crippen LogP) is 5.43. The number of aryl methyl sites for hydroxylation is 1. The number of hydrogen-bond donors (Lipinski definition) is 0. The van der Waals surface area contributed by atoms with E-state index in [0.717, 1.165) is 37.2 Å². The zero-order valence-corrected chi connectivity index (χ0v) is 17.1. The van der Waals surface area contributed by atoms with Crippen LogP contribution in [0.5, 0.6) is 11.5 Å². The fourth-order valence-electron chi connectivity index (χ4n) is 3.59. The van der Waals surface area contributed by atoms with Crippen molar-refractivity contribution >= 4 is 11.6 Å². The number of ketones is 2. The molecule has 1 heterocycles. The second-order valence-electron chi connectivity index (χ2n) is 7.33. The molecule has 1 aliphatic heterocycles. The van der Waals surface area contributed by atoms with Crippen LogP contribution in [-0.2, 0) is 16.0 Å². The summed E-state index contributed by atoms with van der Waals surface area (Å²) in [4.78, 5) is 24.7. The van der Waals surface area contributed by atoms with Crippen molar-refractivity contribution in [2.75, 3.05) is 6.79 Å². The van der Waals surface area contributed by atoms with Crippen LogP contribution in [0.3, 0.4) is 0 Å². The van der Waals surface area contributed by atoms with E-state index in [1.807, 2.05) is 32.9 Å². The molecule has 0 atom stereocenters. The molecular weight excluding hydrogens is 340 g/mol. The molecule has 0 unspecified atom stereocenters. The molecule has 0 saturated heterocycles. The van der Waals surface area contributed by atoms with Gasteiger partial charge in [-0.1, -0.05) is 38.5 Å². The van der Waals surface area contributed by atoms with Crippen molar-refractivity contribution in [2.24, 2.45) is 5.41 Å². The van der Waals surface area contributed by atoms with Crippen LogP contribution in [0.25, 0.3) is 0 Å². The van der Waals surface area contributed by atoms with Gasteiger partial charge in [-0.3, -0.25) is 9.59 Å². The van der Waals surface area contributed by atoms with Gasteiger partial charge in [-0.15, -0.1) is 0 Å². The molecule has 0 saturated carbocycles. The summed E-state index contributed by atoms with van der Waals surface area (Å²) in [5, 5.41) is 0. The summed E-state index contributed by atoms with van der Waals surface area (Å²) in [6.07, 6.45) is 7.30. The van der Waals surface area contributed by atoms with E-state index in [4.69, 9.17) is 9.47 Å². The Bertz CT molecular complexity index is 686. The molecule has 1 aliphatic rings. The van der Waals surface area contributed by atoms with Gasteiger partial charge in [-0.25, -0.2) is 0 Å². The van der Waals surface area contributed by atoms with Crippen molar-refractivity contribution < 1.29 is 19.1 Å². The lowest BCUT2D eigenvalue weighted by Crippen LogP contribution is -2.36. The van der Waals surface area contributed by atoms with Crippen molar-refractivity contribution in [3.63, 3.8) is 0 Å². The standard InChI is InChI=1S/C23H32O4/c1-5-17(13-14-23(4,21(24)6-2)22(25)7-3)9-8-10-18-11-12-19-20(15-18)27-16-26-19/h9,11-12,15H,5-8,10,13-14,16H2,1-4H3/b17-9+. The quantitative estimate of drug-likeness (QED) is 0.384. The fourth-order valence-corrected chi connectivity index (χ4v) is 3.59. The Morgan fingerprint density at radius 2 is 1.70 bits per heavy atom. The van der Waals surface area contributed by atoms with E-state index < -0.39 is 5.41 Å². The molecule has 148 valence electrons. The normalized spacial score (nSPS) is 13.7. The van der Waals surface area contributed by atoms with Crippen LogP contribution in [0.1, 0.15) is 71.8 Å². The van der Waals surface area contributed by atoms with Crippen molar-refractivity contribution in [1.82, 2.24) is 0 Å². The van der Waals surface area contributed by atoms with Gasteiger partial charge in [-0.2, -0.15) is 0 Å². The Labute approximate surface area is 162 Å². The minimum absolute atomic E-state index is 0.0603. The first-order valence-electron chi connectivity index (χ1n) is 10.1. The molecule has 0 amide bonds. The molecule has 27 heavy (non-hydrogen) atoms. The number of Topliss-reactive ketones (excluding diaryl/α,β-unsaturated/α-hetero) is 2. The second-order valence-corrected chi connectivity index (χ2v) is 7.33. The third-order valence-electron chi connectivity index (χ3n) is 5.58. The van der Waals surface area contributed by atoms with Gasteiger partial charge in [0.05, 0.1) is 5.41 Å². The summed E-state index contributed by atoms with van der Waals surface area (Å²) in [6.45, 7) is 7.93. The van der Waals surface area contributed by atoms with Crippen LogP contribution < -0.4 is 9.47 Å². The molecular formula is C23H32O4. The molecule has 2 rings (SSSR count). The molecule has 0 aromatic heterocycles. The van der Waals surface area contributed by atoms with Crippen LogP contribution in [-0.4, -0.2) is 18.4 Å². The van der Waals surface area contributed by atoms with Crippen LogP contribution in [0.4, 0.5) is 0 Å². The molecule has 0 N–H and O–H groups in total. The first-order chi connectivity index (χ1) is 12.9. The maximum atomic E-state index is 12.4. The zero-order valence-electron chi connectivity index (χ0n) is 17.1. The Kier molecular flexibility index (Phi) is 7.64. The van der Waals surface area contributed by atoms with Gasteiger partial charge in [0.15, 0.2) is 11.5 Å². The van der Waals surface area contributed by atoms with E-state index >= 15 is 0 Å². The van der Waals surface area contributed by atoms with Crippen molar-refractivity contribution in [3.05, 3.63) is 35.4 Å². The molecule has 0 bridgehead atoms. The predicted molar refractivity (Wildman–Crippen MR) is 107 cm³/mol.